The average Bonchev–Trinajstić information content (AvgIpc) is 3.65. The van der Waals surface area contributed by atoms with Gasteiger partial charge in [0.2, 0.25) is 10.0 Å². The second-order valence-electron chi connectivity index (χ2n) is 10.8. The average molecular weight is 578 g/mol. The number of carbonyl (C=O) groups is 1. The first-order chi connectivity index (χ1) is 19.4. The number of aromatic amines is 1. The number of benzene rings is 1. The van der Waals surface area contributed by atoms with Gasteiger partial charge in [0.15, 0.2) is 0 Å². The number of aromatic nitrogens is 2. The molecule has 2 aromatic heterocycles. The van der Waals surface area contributed by atoms with Crippen LogP contribution in [0.1, 0.15) is 53.4 Å². The number of ether oxygens (including phenoxy) is 1. The number of amides is 1. The lowest BCUT2D eigenvalue weighted by atomic mass is 10.0. The first-order valence-corrected chi connectivity index (χ1v) is 14.8. The molecule has 2 aliphatic rings. The zero-order valence-corrected chi connectivity index (χ0v) is 24.8. The fraction of sp³-hybridized carbons (Fsp3) is 0.333. The molecule has 2 N–H and O–H groups in total. The van der Waals surface area contributed by atoms with Crippen LogP contribution in [0.15, 0.2) is 66.1 Å². The second-order valence-corrected chi connectivity index (χ2v) is 13.0. The Morgan fingerprint density at radius 3 is 2.56 bits per heavy atom. The van der Waals surface area contributed by atoms with Crippen molar-refractivity contribution >= 4 is 32.5 Å². The largest absolute Gasteiger partial charge is 0.496 e. The van der Waals surface area contributed by atoms with E-state index >= 15 is 0 Å². The van der Waals surface area contributed by atoms with Gasteiger partial charge in [0.1, 0.15) is 5.75 Å². The van der Waals surface area contributed by atoms with E-state index in [1.54, 1.807) is 44.3 Å². The number of pyridine rings is 1. The molecule has 1 aliphatic heterocycles. The number of hydrogen-bond acceptors (Lipinski definition) is 7. The molecule has 11 heteroatoms. The number of fused-ring (bicyclic) bond motifs is 1. The van der Waals surface area contributed by atoms with Gasteiger partial charge < -0.3 is 24.8 Å². The zero-order valence-electron chi connectivity index (χ0n) is 23.9. The van der Waals surface area contributed by atoms with Crippen LogP contribution in [-0.4, -0.2) is 47.1 Å². The number of H-pyrrole nitrogens is 1. The summed E-state index contributed by atoms with van der Waals surface area (Å²) in [4.78, 5) is 33.0. The van der Waals surface area contributed by atoms with Gasteiger partial charge in [-0.05, 0) is 63.8 Å². The van der Waals surface area contributed by atoms with Crippen LogP contribution in [0.2, 0.25) is 0 Å². The highest BCUT2D eigenvalue weighted by Crippen LogP contribution is 2.49. The standard InChI is InChI=1S/C30H35N5O5S/c1-7-8-30(9-10-30)41(38,39)35-17-19(2)27-23(14-22(15-25(27)35)34-12-11-33(5)21(4)18-34)28(36)31-16-24-26(40-6)13-20(3)32-29(24)37/h7,11-15,17-18H,1,8-10,16H2,2-6H3,(H,31,36)(H,32,37). The highest BCUT2D eigenvalue weighted by Gasteiger charge is 2.54. The third-order valence-electron chi connectivity index (χ3n) is 7.93. The van der Waals surface area contributed by atoms with Crippen molar-refractivity contribution in [2.75, 3.05) is 19.1 Å². The second kappa shape index (κ2) is 10.3. The molecular formula is C30H35N5O5S. The summed E-state index contributed by atoms with van der Waals surface area (Å²) in [5, 5.41) is 3.39. The Morgan fingerprint density at radius 2 is 1.93 bits per heavy atom. The van der Waals surface area contributed by atoms with E-state index in [-0.39, 0.29) is 17.7 Å². The van der Waals surface area contributed by atoms with Gasteiger partial charge in [-0.25, -0.2) is 12.4 Å². The van der Waals surface area contributed by atoms with E-state index in [1.165, 1.54) is 11.1 Å². The lowest BCUT2D eigenvalue weighted by Crippen LogP contribution is -2.29. The third-order valence-corrected chi connectivity index (χ3v) is 10.4. The molecule has 0 unspecified atom stereocenters. The molecule has 0 radical (unpaired) electrons. The highest BCUT2D eigenvalue weighted by atomic mass is 32.2. The predicted octanol–water partition coefficient (Wildman–Crippen LogP) is 4.26. The highest BCUT2D eigenvalue weighted by molar-refractivity contribution is 7.91. The van der Waals surface area contributed by atoms with Crippen LogP contribution in [0.25, 0.3) is 10.9 Å². The maximum absolute atomic E-state index is 14.0. The maximum atomic E-state index is 14.0. The number of allylic oxidation sites excluding steroid dienone is 2. The normalized spacial score (nSPS) is 16.1. The minimum atomic E-state index is -3.79. The summed E-state index contributed by atoms with van der Waals surface area (Å²) in [6.07, 6.45) is 10.4. The molecule has 1 saturated carbocycles. The van der Waals surface area contributed by atoms with Gasteiger partial charge in [0, 0.05) is 54.3 Å². The Morgan fingerprint density at radius 1 is 1.20 bits per heavy atom. The minimum absolute atomic E-state index is 0.0722. The van der Waals surface area contributed by atoms with E-state index in [0.717, 1.165) is 5.70 Å². The van der Waals surface area contributed by atoms with E-state index in [0.29, 0.717) is 58.4 Å². The molecule has 1 aromatic carbocycles. The fourth-order valence-corrected chi connectivity index (χ4v) is 7.36. The number of nitrogens with one attached hydrogen (secondary N) is 2. The van der Waals surface area contributed by atoms with E-state index < -0.39 is 20.7 Å². The summed E-state index contributed by atoms with van der Waals surface area (Å²) in [5.74, 6) is -0.0674. The molecule has 0 saturated heterocycles. The van der Waals surface area contributed by atoms with Crippen LogP contribution < -0.4 is 20.5 Å². The van der Waals surface area contributed by atoms with Crippen molar-refractivity contribution in [1.82, 2.24) is 19.2 Å². The van der Waals surface area contributed by atoms with Gasteiger partial charge in [-0.2, -0.15) is 0 Å². The Labute approximate surface area is 239 Å². The van der Waals surface area contributed by atoms with Crippen molar-refractivity contribution in [3.05, 3.63) is 94.1 Å². The molecule has 216 valence electrons. The quantitative estimate of drug-likeness (QED) is 0.365. The van der Waals surface area contributed by atoms with Crippen molar-refractivity contribution in [2.24, 2.45) is 0 Å². The number of aryl methyl sites for hydroxylation is 2. The summed E-state index contributed by atoms with van der Waals surface area (Å²) in [5.41, 5.74) is 3.55. The third kappa shape index (κ3) is 4.84. The van der Waals surface area contributed by atoms with Gasteiger partial charge in [-0.3, -0.25) is 9.59 Å². The van der Waals surface area contributed by atoms with Gasteiger partial charge in [0.25, 0.3) is 11.5 Å². The van der Waals surface area contributed by atoms with Crippen molar-refractivity contribution in [3.8, 4) is 5.75 Å². The Hall–Kier alpha value is -4.25. The molecule has 5 rings (SSSR count). The first-order valence-electron chi connectivity index (χ1n) is 13.4. The van der Waals surface area contributed by atoms with Crippen LogP contribution in [0.5, 0.6) is 5.75 Å². The molecule has 0 bridgehead atoms. The van der Waals surface area contributed by atoms with Crippen molar-refractivity contribution in [2.45, 2.75) is 51.3 Å². The summed E-state index contributed by atoms with van der Waals surface area (Å²) in [7, 11) is -0.389. The molecule has 10 nitrogen and oxygen atoms in total. The first kappa shape index (κ1) is 28.3. The van der Waals surface area contributed by atoms with Gasteiger partial charge in [-0.1, -0.05) is 6.08 Å². The van der Waals surface area contributed by atoms with Crippen LogP contribution >= 0.6 is 0 Å². The van der Waals surface area contributed by atoms with Crippen molar-refractivity contribution in [3.63, 3.8) is 0 Å². The number of hydrogen-bond donors (Lipinski definition) is 2. The van der Waals surface area contributed by atoms with Gasteiger partial charge in [-0.15, -0.1) is 6.58 Å². The predicted molar refractivity (Wildman–Crippen MR) is 160 cm³/mol. The van der Waals surface area contributed by atoms with E-state index in [1.807, 2.05) is 42.4 Å². The molecule has 41 heavy (non-hydrogen) atoms. The monoisotopic (exact) mass is 577 g/mol. The Kier molecular flexibility index (Phi) is 7.10. The number of carbonyl (C=O) groups excluding carboxylic acids is 1. The fourth-order valence-electron chi connectivity index (χ4n) is 5.30. The number of methoxy groups -OCH3 is 1. The van der Waals surface area contributed by atoms with E-state index in [4.69, 9.17) is 4.74 Å². The molecule has 1 fully saturated rings. The van der Waals surface area contributed by atoms with Crippen molar-refractivity contribution < 1.29 is 17.9 Å². The van der Waals surface area contributed by atoms with E-state index in [2.05, 4.69) is 16.9 Å². The Bertz CT molecular complexity index is 1790. The molecule has 1 amide bonds. The summed E-state index contributed by atoms with van der Waals surface area (Å²) >= 11 is 0. The van der Waals surface area contributed by atoms with Crippen LogP contribution in [0.3, 0.4) is 0 Å². The van der Waals surface area contributed by atoms with Crippen LogP contribution in [0.4, 0.5) is 5.69 Å². The Balaban J connectivity index is 1.64. The maximum Gasteiger partial charge on any atom is 0.256 e. The summed E-state index contributed by atoms with van der Waals surface area (Å²) < 4.78 is 33.7. The lowest BCUT2D eigenvalue weighted by Gasteiger charge is -2.27. The minimum Gasteiger partial charge on any atom is -0.496 e. The summed E-state index contributed by atoms with van der Waals surface area (Å²) in [6.45, 7) is 9.20. The molecule has 0 atom stereocenters. The topological polar surface area (TPSA) is 117 Å². The van der Waals surface area contributed by atoms with Crippen LogP contribution in [-0.2, 0) is 16.6 Å². The molecular weight excluding hydrogens is 542 g/mol. The lowest BCUT2D eigenvalue weighted by molar-refractivity contribution is 0.0952. The molecule has 1 aliphatic carbocycles. The van der Waals surface area contributed by atoms with Gasteiger partial charge in [0.05, 0.1) is 35.0 Å². The number of nitrogens with zero attached hydrogens (tertiary/aromatic N) is 3. The smallest absolute Gasteiger partial charge is 0.256 e. The number of anilines is 1. The van der Waals surface area contributed by atoms with Crippen molar-refractivity contribution in [1.29, 1.82) is 0 Å². The summed E-state index contributed by atoms with van der Waals surface area (Å²) in [6, 6.07) is 5.24. The SMILES string of the molecule is C=CCC1(S(=O)(=O)n2cc(C)c3c(C(=O)NCc4c(OC)cc(C)[nH]c4=O)cc(N4C=CN(C)C(C)=C4)cc32)CC1. The van der Waals surface area contributed by atoms with E-state index in [9.17, 15) is 18.0 Å². The van der Waals surface area contributed by atoms with Crippen LogP contribution in [0, 0.1) is 13.8 Å². The number of rotatable bonds is 9. The van der Waals surface area contributed by atoms with Gasteiger partial charge >= 0.3 is 0 Å². The molecule has 3 heterocycles. The zero-order chi connectivity index (χ0) is 29.7. The molecule has 3 aromatic rings. The molecule has 0 spiro atoms.